The first kappa shape index (κ1) is 12.2. The normalized spacial score (nSPS) is 15.6. The number of hydrogen-bond acceptors (Lipinski definition) is 3. The molecule has 1 aliphatic rings. The van der Waals surface area contributed by atoms with Gasteiger partial charge in [0, 0.05) is 6.20 Å². The minimum Gasteiger partial charge on any atom is -0.480 e. The van der Waals surface area contributed by atoms with Gasteiger partial charge in [-0.15, -0.1) is 0 Å². The molecule has 1 aromatic carbocycles. The summed E-state index contributed by atoms with van der Waals surface area (Å²) >= 11 is 0. The van der Waals surface area contributed by atoms with Gasteiger partial charge in [0.15, 0.2) is 0 Å². The number of benzene rings is 1. The van der Waals surface area contributed by atoms with Crippen LogP contribution in [0.2, 0.25) is 0 Å². The van der Waals surface area contributed by atoms with Gasteiger partial charge in [-0.1, -0.05) is 37.1 Å². The van der Waals surface area contributed by atoms with E-state index in [1.165, 1.54) is 37.6 Å². The zero-order valence-electron chi connectivity index (χ0n) is 11.2. The molecule has 98 valence electrons. The third-order valence-electron chi connectivity index (χ3n) is 3.92. The van der Waals surface area contributed by atoms with Crippen LogP contribution in [0.5, 0.6) is 5.88 Å². The Morgan fingerprint density at radius 2 is 1.84 bits per heavy atom. The van der Waals surface area contributed by atoms with Crippen LogP contribution < -0.4 is 4.74 Å². The van der Waals surface area contributed by atoms with E-state index < -0.39 is 0 Å². The van der Waals surface area contributed by atoms with Crippen LogP contribution in [-0.2, 0) is 0 Å². The molecular weight excluding hydrogens is 236 g/mol. The highest BCUT2D eigenvalue weighted by Crippen LogP contribution is 2.35. The quantitative estimate of drug-likeness (QED) is 0.835. The van der Waals surface area contributed by atoms with E-state index in [4.69, 9.17) is 4.74 Å². The van der Waals surface area contributed by atoms with Crippen molar-refractivity contribution >= 4 is 0 Å². The fraction of sp³-hybridized carbons (Fsp3) is 0.375. The molecule has 19 heavy (non-hydrogen) atoms. The van der Waals surface area contributed by atoms with Crippen molar-refractivity contribution in [1.82, 2.24) is 9.97 Å². The smallest absolute Gasteiger partial charge is 0.224 e. The lowest BCUT2D eigenvalue weighted by molar-refractivity contribution is 0.398. The maximum Gasteiger partial charge on any atom is 0.224 e. The topological polar surface area (TPSA) is 35.0 Å². The predicted octanol–water partition coefficient (Wildman–Crippen LogP) is 3.81. The fourth-order valence-corrected chi connectivity index (χ4v) is 2.87. The van der Waals surface area contributed by atoms with Crippen LogP contribution in [0.25, 0.3) is 11.1 Å². The molecule has 0 bridgehead atoms. The van der Waals surface area contributed by atoms with Gasteiger partial charge in [0.05, 0.1) is 12.7 Å². The Bertz CT molecular complexity index is 545. The molecule has 0 aliphatic heterocycles. The molecule has 1 saturated carbocycles. The molecule has 3 heteroatoms. The number of methoxy groups -OCH3 is 1. The Morgan fingerprint density at radius 3 is 2.53 bits per heavy atom. The summed E-state index contributed by atoms with van der Waals surface area (Å²) in [5.74, 6) is 1.38. The molecule has 3 nitrogen and oxygen atoms in total. The Kier molecular flexibility index (Phi) is 3.45. The average Bonchev–Trinajstić information content (AvgIpc) is 3.02. The summed E-state index contributed by atoms with van der Waals surface area (Å²) in [5.41, 5.74) is 3.51. The maximum atomic E-state index is 5.28. The second kappa shape index (κ2) is 5.39. The van der Waals surface area contributed by atoms with Crippen LogP contribution >= 0.6 is 0 Å². The lowest BCUT2D eigenvalue weighted by atomic mass is 9.95. The summed E-state index contributed by atoms with van der Waals surface area (Å²) in [4.78, 5) is 8.22. The van der Waals surface area contributed by atoms with Crippen molar-refractivity contribution in [2.75, 3.05) is 7.11 Å². The van der Waals surface area contributed by atoms with Gasteiger partial charge in [-0.25, -0.2) is 9.97 Å². The Morgan fingerprint density at radius 1 is 1.11 bits per heavy atom. The minimum absolute atomic E-state index is 0.628. The fourth-order valence-electron chi connectivity index (χ4n) is 2.87. The number of hydrogen-bond donors (Lipinski definition) is 0. The van der Waals surface area contributed by atoms with E-state index in [0.29, 0.717) is 5.88 Å². The second-order valence-corrected chi connectivity index (χ2v) is 5.05. The van der Waals surface area contributed by atoms with Crippen molar-refractivity contribution in [3.8, 4) is 17.0 Å². The highest BCUT2D eigenvalue weighted by Gasteiger charge is 2.17. The van der Waals surface area contributed by atoms with Crippen LogP contribution in [0.3, 0.4) is 0 Å². The number of nitrogens with zero attached hydrogens (tertiary/aromatic N) is 2. The molecule has 1 fully saturated rings. The first-order valence-corrected chi connectivity index (χ1v) is 6.83. The summed E-state index contributed by atoms with van der Waals surface area (Å²) in [6.07, 6.45) is 8.71. The molecule has 0 radical (unpaired) electrons. The molecule has 2 aromatic rings. The summed E-state index contributed by atoms with van der Waals surface area (Å²) in [7, 11) is 1.64. The van der Waals surface area contributed by atoms with Crippen molar-refractivity contribution in [3.05, 3.63) is 42.4 Å². The van der Waals surface area contributed by atoms with Crippen molar-refractivity contribution < 1.29 is 4.74 Å². The van der Waals surface area contributed by atoms with Crippen LogP contribution in [-0.4, -0.2) is 17.1 Å². The second-order valence-electron chi connectivity index (χ2n) is 5.05. The van der Waals surface area contributed by atoms with Crippen LogP contribution in [0.4, 0.5) is 0 Å². The number of aromatic nitrogens is 2. The van der Waals surface area contributed by atoms with Gasteiger partial charge in [-0.3, -0.25) is 0 Å². The van der Waals surface area contributed by atoms with Crippen molar-refractivity contribution in [1.29, 1.82) is 0 Å². The highest BCUT2D eigenvalue weighted by molar-refractivity contribution is 5.67. The lowest BCUT2D eigenvalue weighted by Gasteiger charge is -2.11. The van der Waals surface area contributed by atoms with E-state index in [-0.39, 0.29) is 0 Å². The van der Waals surface area contributed by atoms with Gasteiger partial charge >= 0.3 is 0 Å². The number of ether oxygens (including phenoxy) is 1. The Labute approximate surface area is 113 Å². The third-order valence-corrected chi connectivity index (χ3v) is 3.92. The Hall–Kier alpha value is -1.90. The molecule has 0 atom stereocenters. The lowest BCUT2D eigenvalue weighted by Crippen LogP contribution is -1.94. The van der Waals surface area contributed by atoms with E-state index >= 15 is 0 Å². The Balaban J connectivity index is 1.89. The molecule has 0 saturated heterocycles. The van der Waals surface area contributed by atoms with Gasteiger partial charge in [-0.2, -0.15) is 0 Å². The van der Waals surface area contributed by atoms with E-state index in [1.54, 1.807) is 13.3 Å². The van der Waals surface area contributed by atoms with Crippen molar-refractivity contribution in [3.63, 3.8) is 0 Å². The zero-order valence-corrected chi connectivity index (χ0v) is 11.2. The van der Waals surface area contributed by atoms with Crippen molar-refractivity contribution in [2.24, 2.45) is 0 Å². The summed E-state index contributed by atoms with van der Waals surface area (Å²) in [6, 6.07) is 8.76. The molecule has 3 rings (SSSR count). The van der Waals surface area contributed by atoms with E-state index in [9.17, 15) is 0 Å². The monoisotopic (exact) mass is 254 g/mol. The third kappa shape index (κ3) is 2.46. The van der Waals surface area contributed by atoms with Gasteiger partial charge in [-0.05, 0) is 29.9 Å². The largest absolute Gasteiger partial charge is 0.480 e. The van der Waals surface area contributed by atoms with Gasteiger partial charge < -0.3 is 4.74 Å². The molecular formula is C16H18N2O. The summed E-state index contributed by atoms with van der Waals surface area (Å²) in [5, 5.41) is 0. The maximum absolute atomic E-state index is 5.28. The first-order valence-electron chi connectivity index (χ1n) is 6.83. The summed E-state index contributed by atoms with van der Waals surface area (Å²) < 4.78 is 5.28. The van der Waals surface area contributed by atoms with E-state index in [1.807, 2.05) is 0 Å². The van der Waals surface area contributed by atoms with Gasteiger partial charge in [0.2, 0.25) is 5.88 Å². The molecule has 0 unspecified atom stereocenters. The van der Waals surface area contributed by atoms with E-state index in [0.717, 1.165) is 17.0 Å². The van der Waals surface area contributed by atoms with E-state index in [2.05, 4.69) is 34.2 Å². The first-order chi connectivity index (χ1) is 9.38. The molecule has 0 amide bonds. The van der Waals surface area contributed by atoms with Gasteiger partial charge in [0.25, 0.3) is 0 Å². The number of rotatable bonds is 3. The van der Waals surface area contributed by atoms with Crippen LogP contribution in [0, 0.1) is 0 Å². The molecule has 1 aromatic heterocycles. The SMILES string of the molecule is COc1ncncc1-c1ccc(C2CCCC2)cc1. The summed E-state index contributed by atoms with van der Waals surface area (Å²) in [6.45, 7) is 0. The standard InChI is InChI=1S/C16H18N2O/c1-19-16-15(10-17-11-18-16)14-8-6-13(7-9-14)12-4-2-3-5-12/h6-12H,2-5H2,1H3. The van der Waals surface area contributed by atoms with Crippen LogP contribution in [0.1, 0.15) is 37.2 Å². The zero-order chi connectivity index (χ0) is 13.1. The van der Waals surface area contributed by atoms with Crippen molar-refractivity contribution in [2.45, 2.75) is 31.6 Å². The van der Waals surface area contributed by atoms with Gasteiger partial charge in [0.1, 0.15) is 6.33 Å². The molecule has 0 spiro atoms. The molecule has 1 heterocycles. The molecule has 1 aliphatic carbocycles. The highest BCUT2D eigenvalue weighted by atomic mass is 16.5. The molecule has 0 N–H and O–H groups in total. The minimum atomic E-state index is 0.628. The average molecular weight is 254 g/mol. The predicted molar refractivity (Wildman–Crippen MR) is 75.2 cm³/mol. The van der Waals surface area contributed by atoms with Crippen LogP contribution in [0.15, 0.2) is 36.8 Å².